The van der Waals surface area contributed by atoms with Crippen molar-refractivity contribution in [2.24, 2.45) is 0 Å². The summed E-state index contributed by atoms with van der Waals surface area (Å²) >= 11 is 0. The Balaban J connectivity index is 2.03. The van der Waals surface area contributed by atoms with Crippen LogP contribution < -0.4 is 5.32 Å². The molecular weight excluding hydrogens is 1030 g/mol. The van der Waals surface area contributed by atoms with Crippen molar-refractivity contribution in [1.82, 2.24) is 5.32 Å². The van der Waals surface area contributed by atoms with E-state index < -0.39 is 49.5 Å². The van der Waals surface area contributed by atoms with E-state index in [1.54, 1.807) is 0 Å². The molecule has 0 aromatic heterocycles. The molecular formula is C74H145NO8. The van der Waals surface area contributed by atoms with Gasteiger partial charge in [0, 0.05) is 6.42 Å². The summed E-state index contributed by atoms with van der Waals surface area (Å²) in [6.45, 7) is 3.91. The van der Waals surface area contributed by atoms with Crippen LogP contribution in [0.3, 0.4) is 0 Å². The minimum atomic E-state index is -1.55. The highest BCUT2D eigenvalue weighted by atomic mass is 16.7. The molecule has 0 bridgehead atoms. The molecule has 7 atom stereocenters. The first-order chi connectivity index (χ1) is 40.8. The van der Waals surface area contributed by atoms with Crippen LogP contribution in [0.2, 0.25) is 0 Å². The zero-order chi connectivity index (χ0) is 60.0. The second-order valence-electron chi connectivity index (χ2n) is 26.5. The van der Waals surface area contributed by atoms with Crippen LogP contribution in [0.25, 0.3) is 0 Å². The molecule has 0 aromatic rings. The highest BCUT2D eigenvalue weighted by molar-refractivity contribution is 5.76. The van der Waals surface area contributed by atoms with Crippen LogP contribution in [-0.4, -0.2) is 87.5 Å². The standard InChI is InChI=1S/C74H145NO8/c1-3-5-7-9-11-13-15-17-19-21-23-25-26-27-28-29-30-31-32-33-34-35-36-37-38-39-40-41-42-44-46-48-50-52-54-56-58-60-62-64-70(78)75-67(66-82-74-73(81)72(80)71(79)69(65-76)83-74)68(77)63-61-59-57-55-53-51-49-47-45-43-24-22-20-18-16-14-12-10-8-6-4-2/h33-34,67-69,71-74,76-77,79-81H,3-32,35-66H2,1-2H3,(H,75,78)/b34-33-. The van der Waals surface area contributed by atoms with Crippen LogP contribution in [0, 0.1) is 0 Å². The van der Waals surface area contributed by atoms with Gasteiger partial charge in [-0.2, -0.15) is 0 Å². The number of carbonyl (C=O) groups is 1. The molecule has 0 saturated carbocycles. The predicted molar refractivity (Wildman–Crippen MR) is 355 cm³/mol. The van der Waals surface area contributed by atoms with Gasteiger partial charge in [0.1, 0.15) is 24.4 Å². The van der Waals surface area contributed by atoms with E-state index in [4.69, 9.17) is 9.47 Å². The maximum Gasteiger partial charge on any atom is 0.220 e. The molecule has 1 heterocycles. The van der Waals surface area contributed by atoms with Crippen molar-refractivity contribution in [2.75, 3.05) is 13.2 Å². The van der Waals surface area contributed by atoms with Crippen LogP contribution in [0.4, 0.5) is 0 Å². The summed E-state index contributed by atoms with van der Waals surface area (Å²) in [5.41, 5.74) is 0. The summed E-state index contributed by atoms with van der Waals surface area (Å²) in [5, 5.41) is 54.9. The van der Waals surface area contributed by atoms with Gasteiger partial charge in [-0.05, 0) is 38.5 Å². The van der Waals surface area contributed by atoms with Gasteiger partial charge in [-0.15, -0.1) is 0 Å². The molecule has 1 saturated heterocycles. The second-order valence-corrected chi connectivity index (χ2v) is 26.5. The van der Waals surface area contributed by atoms with E-state index in [0.717, 1.165) is 38.5 Å². The number of allylic oxidation sites excluding steroid dienone is 2. The summed E-state index contributed by atoms with van der Waals surface area (Å²) in [5.74, 6) is -0.135. The number of amides is 1. The fraction of sp³-hybridized carbons (Fsp3) is 0.959. The number of rotatable bonds is 67. The number of aliphatic hydroxyl groups is 5. The van der Waals surface area contributed by atoms with Crippen molar-refractivity contribution >= 4 is 5.91 Å². The molecule has 0 aromatic carbocycles. The van der Waals surface area contributed by atoms with Gasteiger partial charge in [-0.1, -0.05) is 366 Å². The zero-order valence-electron chi connectivity index (χ0n) is 55.5. The molecule has 1 fully saturated rings. The summed E-state index contributed by atoms with van der Waals surface area (Å²) < 4.78 is 11.4. The largest absolute Gasteiger partial charge is 0.394 e. The molecule has 9 heteroatoms. The van der Waals surface area contributed by atoms with Crippen molar-refractivity contribution in [3.05, 3.63) is 12.2 Å². The number of hydrogen-bond donors (Lipinski definition) is 6. The van der Waals surface area contributed by atoms with Gasteiger partial charge in [0.15, 0.2) is 6.29 Å². The molecule has 494 valence electrons. The normalized spacial score (nSPS) is 18.2. The quantitative estimate of drug-likeness (QED) is 0.0261. The lowest BCUT2D eigenvalue weighted by Gasteiger charge is -2.40. The predicted octanol–water partition coefficient (Wildman–Crippen LogP) is 20.7. The van der Waals surface area contributed by atoms with Gasteiger partial charge in [0.05, 0.1) is 25.4 Å². The minimum Gasteiger partial charge on any atom is -0.394 e. The molecule has 83 heavy (non-hydrogen) atoms. The number of carbonyl (C=O) groups excluding carboxylic acids is 1. The van der Waals surface area contributed by atoms with Crippen LogP contribution >= 0.6 is 0 Å². The minimum absolute atomic E-state index is 0.132. The molecule has 1 aliphatic heterocycles. The maximum absolute atomic E-state index is 13.2. The van der Waals surface area contributed by atoms with Crippen LogP contribution in [0.1, 0.15) is 399 Å². The SMILES string of the molecule is CCCCCCCCCCCCCCCCCCCC/C=C\CCCCCCCCCCCCCCCCCCCC(=O)NC(COC1OC(CO)C(O)C(O)C1O)C(O)CCCCCCCCCCCCCCCCCCCCCCC. The molecule has 1 amide bonds. The number of hydrogen-bond acceptors (Lipinski definition) is 8. The fourth-order valence-electron chi connectivity index (χ4n) is 12.5. The number of ether oxygens (including phenoxy) is 2. The Morgan fingerprint density at radius 1 is 0.398 bits per heavy atom. The summed E-state index contributed by atoms with van der Waals surface area (Å²) in [4.78, 5) is 13.2. The Kier molecular flexibility index (Phi) is 61.6. The van der Waals surface area contributed by atoms with E-state index in [9.17, 15) is 30.3 Å². The third-order valence-corrected chi connectivity index (χ3v) is 18.4. The molecule has 0 aliphatic carbocycles. The van der Waals surface area contributed by atoms with Crippen molar-refractivity contribution < 1.29 is 39.8 Å². The van der Waals surface area contributed by atoms with Gasteiger partial charge in [-0.3, -0.25) is 4.79 Å². The van der Waals surface area contributed by atoms with E-state index in [1.165, 1.54) is 334 Å². The van der Waals surface area contributed by atoms with E-state index in [0.29, 0.717) is 12.8 Å². The first-order valence-corrected chi connectivity index (χ1v) is 37.4. The van der Waals surface area contributed by atoms with Gasteiger partial charge in [0.25, 0.3) is 0 Å². The highest BCUT2D eigenvalue weighted by Gasteiger charge is 2.44. The lowest BCUT2D eigenvalue weighted by Crippen LogP contribution is -2.60. The molecule has 6 N–H and O–H groups in total. The summed E-state index contributed by atoms with van der Waals surface area (Å²) in [6.07, 6.45) is 76.0. The van der Waals surface area contributed by atoms with E-state index in [-0.39, 0.29) is 12.5 Å². The average Bonchev–Trinajstić information content (AvgIpc) is 3.60. The van der Waals surface area contributed by atoms with E-state index >= 15 is 0 Å². The van der Waals surface area contributed by atoms with Crippen molar-refractivity contribution in [2.45, 2.75) is 442 Å². The Labute approximate surface area is 516 Å². The van der Waals surface area contributed by atoms with E-state index in [2.05, 4.69) is 31.3 Å². The van der Waals surface area contributed by atoms with Crippen LogP contribution in [0.5, 0.6) is 0 Å². The third kappa shape index (κ3) is 52.6. The Morgan fingerprint density at radius 3 is 0.976 bits per heavy atom. The van der Waals surface area contributed by atoms with Gasteiger partial charge in [0.2, 0.25) is 5.91 Å². The van der Waals surface area contributed by atoms with Gasteiger partial charge in [-0.25, -0.2) is 0 Å². The molecule has 0 spiro atoms. The lowest BCUT2D eigenvalue weighted by molar-refractivity contribution is -0.302. The monoisotopic (exact) mass is 1180 g/mol. The molecule has 1 aliphatic rings. The third-order valence-electron chi connectivity index (χ3n) is 18.4. The molecule has 7 unspecified atom stereocenters. The Bertz CT molecular complexity index is 1320. The molecule has 1 rings (SSSR count). The average molecular weight is 1180 g/mol. The van der Waals surface area contributed by atoms with Crippen molar-refractivity contribution in [3.8, 4) is 0 Å². The fourth-order valence-corrected chi connectivity index (χ4v) is 12.5. The van der Waals surface area contributed by atoms with Crippen molar-refractivity contribution in [3.63, 3.8) is 0 Å². The topological polar surface area (TPSA) is 149 Å². The smallest absolute Gasteiger partial charge is 0.220 e. The number of unbranched alkanes of at least 4 members (excludes halogenated alkanes) is 55. The Hall–Kier alpha value is -1.07. The van der Waals surface area contributed by atoms with Gasteiger partial charge < -0.3 is 40.3 Å². The van der Waals surface area contributed by atoms with E-state index in [1.807, 2.05) is 0 Å². The lowest BCUT2D eigenvalue weighted by atomic mass is 9.99. The van der Waals surface area contributed by atoms with Crippen molar-refractivity contribution in [1.29, 1.82) is 0 Å². The van der Waals surface area contributed by atoms with Crippen LogP contribution in [-0.2, 0) is 14.3 Å². The zero-order valence-corrected chi connectivity index (χ0v) is 55.5. The molecule has 0 radical (unpaired) electrons. The Morgan fingerprint density at radius 2 is 0.675 bits per heavy atom. The highest BCUT2D eigenvalue weighted by Crippen LogP contribution is 2.24. The second kappa shape index (κ2) is 63.9. The maximum atomic E-state index is 13.2. The number of aliphatic hydroxyl groups excluding tert-OH is 5. The molecule has 9 nitrogen and oxygen atoms in total. The van der Waals surface area contributed by atoms with Crippen LogP contribution in [0.15, 0.2) is 12.2 Å². The summed E-state index contributed by atoms with van der Waals surface area (Å²) in [7, 11) is 0. The van der Waals surface area contributed by atoms with Gasteiger partial charge >= 0.3 is 0 Å². The number of nitrogens with one attached hydrogen (secondary N) is 1. The first kappa shape index (κ1) is 79.9. The first-order valence-electron chi connectivity index (χ1n) is 37.4. The summed E-state index contributed by atoms with van der Waals surface area (Å²) in [6, 6.07) is -0.717.